The van der Waals surface area contributed by atoms with E-state index in [2.05, 4.69) is 9.97 Å². The Morgan fingerprint density at radius 2 is 1.21 bits per heavy atom. The average Bonchev–Trinajstić information content (AvgIpc) is 3.28. The van der Waals surface area contributed by atoms with Gasteiger partial charge in [-0.15, -0.1) is 0 Å². The van der Waals surface area contributed by atoms with E-state index in [1.165, 1.54) is 9.13 Å². The predicted octanol–water partition coefficient (Wildman–Crippen LogP) is -2.45. The van der Waals surface area contributed by atoms with E-state index in [1.807, 2.05) is 0 Å². The van der Waals surface area contributed by atoms with E-state index < -0.39 is 48.3 Å². The molecule has 2 aromatic rings. The summed E-state index contributed by atoms with van der Waals surface area (Å²) in [6, 6.07) is 3.12. The number of aromatic nitrogens is 4. The Labute approximate surface area is 194 Å². The zero-order chi connectivity index (χ0) is 25.2. The van der Waals surface area contributed by atoms with Gasteiger partial charge < -0.3 is 41.4 Å². The summed E-state index contributed by atoms with van der Waals surface area (Å²) in [7, 11) is 0. The smallest absolute Gasteiger partial charge is 0.351 e. The van der Waals surface area contributed by atoms with Crippen LogP contribution < -0.4 is 22.8 Å². The molecule has 6 unspecified atom stereocenters. The third-order valence-electron chi connectivity index (χ3n) is 5.68. The Morgan fingerprint density at radius 3 is 1.47 bits per heavy atom. The van der Waals surface area contributed by atoms with Gasteiger partial charge in [-0.05, 0) is 26.0 Å². The number of nitrogens with two attached hydrogens (primary N) is 2. The molecule has 0 aliphatic carbocycles. The molecule has 0 radical (unpaired) electrons. The van der Waals surface area contributed by atoms with Gasteiger partial charge in [0.25, 0.3) is 0 Å². The maximum Gasteiger partial charge on any atom is 0.351 e. The van der Waals surface area contributed by atoms with Gasteiger partial charge in [-0.1, -0.05) is 0 Å². The predicted molar refractivity (Wildman–Crippen MR) is 119 cm³/mol. The van der Waals surface area contributed by atoms with Crippen LogP contribution in [0.15, 0.2) is 21.7 Å². The highest BCUT2D eigenvalue weighted by Crippen LogP contribution is 2.29. The number of aliphatic hydroxyl groups is 4. The fourth-order valence-electron chi connectivity index (χ4n) is 4.04. The van der Waals surface area contributed by atoms with E-state index in [9.17, 15) is 19.8 Å². The molecule has 4 rings (SSSR count). The molecule has 0 spiro atoms. The normalized spacial score (nSPS) is 28.5. The number of nitrogens with zero attached hydrogens (tertiary/aromatic N) is 4. The monoisotopic (exact) mass is 482 g/mol. The molecule has 2 saturated heterocycles. The molecule has 2 aliphatic heterocycles. The zero-order valence-corrected chi connectivity index (χ0v) is 18.8. The van der Waals surface area contributed by atoms with Crippen LogP contribution in [0, 0.1) is 13.8 Å². The Hall–Kier alpha value is -2.88. The van der Waals surface area contributed by atoms with E-state index in [1.54, 1.807) is 26.0 Å². The number of aryl methyl sites for hydroxylation is 2. The van der Waals surface area contributed by atoms with Crippen molar-refractivity contribution in [2.75, 3.05) is 24.7 Å². The van der Waals surface area contributed by atoms with Crippen molar-refractivity contribution < 1.29 is 29.9 Å². The molecular formula is C20H30N6O8. The maximum absolute atomic E-state index is 11.7. The van der Waals surface area contributed by atoms with E-state index in [0.717, 1.165) is 0 Å². The lowest BCUT2D eigenvalue weighted by Crippen LogP contribution is -2.30. The summed E-state index contributed by atoms with van der Waals surface area (Å²) in [6.45, 7) is 2.85. The molecule has 6 atom stereocenters. The second-order valence-corrected chi connectivity index (χ2v) is 8.18. The lowest BCUT2D eigenvalue weighted by molar-refractivity contribution is -0.0464. The van der Waals surface area contributed by atoms with Crippen molar-refractivity contribution in [1.82, 2.24) is 19.1 Å². The van der Waals surface area contributed by atoms with Gasteiger partial charge in [-0.25, -0.2) is 9.59 Å². The molecule has 0 amide bonds. The molecular weight excluding hydrogens is 452 g/mol. The molecule has 0 aromatic carbocycles. The number of nitrogen functional groups attached to an aromatic ring is 2. The fourth-order valence-corrected chi connectivity index (χ4v) is 4.04. The van der Waals surface area contributed by atoms with Crippen molar-refractivity contribution in [3.05, 3.63) is 44.5 Å². The van der Waals surface area contributed by atoms with Crippen molar-refractivity contribution in [2.24, 2.45) is 0 Å². The molecule has 14 nitrogen and oxygen atoms in total. The molecule has 2 aromatic heterocycles. The Morgan fingerprint density at radius 1 is 0.853 bits per heavy atom. The van der Waals surface area contributed by atoms with Crippen molar-refractivity contribution in [1.29, 1.82) is 0 Å². The lowest BCUT2D eigenvalue weighted by atomic mass is 10.2. The van der Waals surface area contributed by atoms with Crippen LogP contribution in [0.1, 0.15) is 36.7 Å². The summed E-state index contributed by atoms with van der Waals surface area (Å²) >= 11 is 0. The van der Waals surface area contributed by atoms with Crippen LogP contribution in [0.4, 0.5) is 11.6 Å². The van der Waals surface area contributed by atoms with Gasteiger partial charge in [0.05, 0.1) is 25.4 Å². The van der Waals surface area contributed by atoms with Crippen LogP contribution in [0.2, 0.25) is 0 Å². The third-order valence-corrected chi connectivity index (χ3v) is 5.68. The minimum Gasteiger partial charge on any atom is -0.394 e. The Bertz CT molecular complexity index is 1030. The number of hydrogen-bond acceptors (Lipinski definition) is 12. The van der Waals surface area contributed by atoms with E-state index in [-0.39, 0.29) is 37.7 Å². The summed E-state index contributed by atoms with van der Waals surface area (Å²) in [5, 5.41) is 37.2. The van der Waals surface area contributed by atoms with Crippen molar-refractivity contribution >= 4 is 11.6 Å². The van der Waals surface area contributed by atoms with Crippen LogP contribution in [-0.4, -0.2) is 77.2 Å². The minimum absolute atomic E-state index is 0.154. The topological polar surface area (TPSA) is 221 Å². The summed E-state index contributed by atoms with van der Waals surface area (Å²) in [4.78, 5) is 30.6. The van der Waals surface area contributed by atoms with E-state index in [4.69, 9.17) is 31.2 Å². The highest BCUT2D eigenvalue weighted by atomic mass is 16.5. The highest BCUT2D eigenvalue weighted by molar-refractivity contribution is 5.28. The number of ether oxygens (including phenoxy) is 2. The molecule has 2 fully saturated rings. The number of rotatable bonds is 4. The summed E-state index contributed by atoms with van der Waals surface area (Å²) in [5.74, 6) is 0.307. The van der Waals surface area contributed by atoms with E-state index >= 15 is 0 Å². The van der Waals surface area contributed by atoms with Crippen LogP contribution in [0.25, 0.3) is 0 Å². The van der Waals surface area contributed by atoms with Crippen LogP contribution >= 0.6 is 0 Å². The maximum atomic E-state index is 11.7. The Balaban J connectivity index is 0.000000191. The molecule has 0 saturated carbocycles. The van der Waals surface area contributed by atoms with Crippen molar-refractivity contribution in [3.8, 4) is 0 Å². The number of aliphatic hydroxyl groups excluding tert-OH is 4. The summed E-state index contributed by atoms with van der Waals surface area (Å²) in [5.41, 5.74) is 11.1. The van der Waals surface area contributed by atoms with E-state index in [0.29, 0.717) is 11.4 Å². The lowest BCUT2D eigenvalue weighted by Gasteiger charge is -2.16. The first-order valence-corrected chi connectivity index (χ1v) is 10.7. The molecule has 0 bridgehead atoms. The summed E-state index contributed by atoms with van der Waals surface area (Å²) in [6.07, 6.45) is -3.62. The first-order valence-electron chi connectivity index (χ1n) is 10.7. The van der Waals surface area contributed by atoms with Crippen molar-refractivity contribution in [2.45, 2.75) is 63.6 Å². The van der Waals surface area contributed by atoms with Gasteiger partial charge >= 0.3 is 11.4 Å². The molecule has 8 N–H and O–H groups in total. The SMILES string of the molecule is Cc1cc(N)nc(=O)n1C1CC(O)C(CO)O1.Cc1cc(N)nc(=O)n1C1CC(O)C(CO)O1. The summed E-state index contributed by atoms with van der Waals surface area (Å²) < 4.78 is 13.4. The van der Waals surface area contributed by atoms with Crippen LogP contribution in [0.5, 0.6) is 0 Å². The molecule has 34 heavy (non-hydrogen) atoms. The van der Waals surface area contributed by atoms with Gasteiger partial charge in [0.15, 0.2) is 0 Å². The number of hydrogen-bond donors (Lipinski definition) is 6. The molecule has 4 heterocycles. The molecule has 14 heteroatoms. The Kier molecular flexibility index (Phi) is 8.01. The largest absolute Gasteiger partial charge is 0.394 e. The zero-order valence-electron chi connectivity index (χ0n) is 18.8. The van der Waals surface area contributed by atoms with Crippen LogP contribution in [-0.2, 0) is 9.47 Å². The highest BCUT2D eigenvalue weighted by Gasteiger charge is 2.36. The van der Waals surface area contributed by atoms with Gasteiger partial charge in [0.1, 0.15) is 36.3 Å². The second kappa shape index (κ2) is 10.6. The van der Waals surface area contributed by atoms with Gasteiger partial charge in [0, 0.05) is 24.2 Å². The fraction of sp³-hybridized carbons (Fsp3) is 0.600. The first kappa shape index (κ1) is 25.7. The quantitative estimate of drug-likeness (QED) is 0.267. The first-order chi connectivity index (χ1) is 16.0. The van der Waals surface area contributed by atoms with Gasteiger partial charge in [-0.2, -0.15) is 9.97 Å². The van der Waals surface area contributed by atoms with Crippen LogP contribution in [0.3, 0.4) is 0 Å². The standard InChI is InChI=1S/2C10H15N3O4/c2*1-5-2-8(11)12-10(16)13(5)9-3-6(15)7(4-14)17-9/h2*2,6-7,9,14-15H,3-4H2,1H3,(H2,11,12,16). The van der Waals surface area contributed by atoms with Gasteiger partial charge in [-0.3, -0.25) is 9.13 Å². The number of anilines is 2. The van der Waals surface area contributed by atoms with Crippen molar-refractivity contribution in [3.63, 3.8) is 0 Å². The molecule has 188 valence electrons. The van der Waals surface area contributed by atoms with Gasteiger partial charge in [0.2, 0.25) is 0 Å². The second-order valence-electron chi connectivity index (χ2n) is 8.18. The third kappa shape index (κ3) is 5.43. The minimum atomic E-state index is -0.783. The average molecular weight is 482 g/mol. The molecule has 2 aliphatic rings.